The molecule has 2 fully saturated rings. The molecule has 0 spiro atoms. The molecule has 2 atom stereocenters. The zero-order valence-electron chi connectivity index (χ0n) is 15.8. The number of ether oxygens (including phenoxy) is 2. The summed E-state index contributed by atoms with van der Waals surface area (Å²) in [7, 11) is 0. The molecule has 1 saturated carbocycles. The Morgan fingerprint density at radius 2 is 1.85 bits per heavy atom. The number of halogens is 2. The summed E-state index contributed by atoms with van der Waals surface area (Å²) in [5, 5.41) is 0. The van der Waals surface area contributed by atoms with Crippen LogP contribution in [0.4, 0.5) is 8.78 Å². The van der Waals surface area contributed by atoms with Crippen molar-refractivity contribution in [2.45, 2.75) is 52.7 Å². The van der Waals surface area contributed by atoms with Gasteiger partial charge in [-0.15, -0.1) is 0 Å². The number of benzene rings is 1. The van der Waals surface area contributed by atoms with E-state index in [1.54, 1.807) is 0 Å². The first kappa shape index (κ1) is 19.6. The fraction of sp³-hybridized carbons (Fsp3) is 0.600. The molecule has 1 heterocycles. The highest BCUT2D eigenvalue weighted by atomic mass is 19.3. The van der Waals surface area contributed by atoms with Crippen LogP contribution in [0.5, 0.6) is 5.75 Å². The summed E-state index contributed by atoms with van der Waals surface area (Å²) in [6.07, 6.45) is 3.02. The van der Waals surface area contributed by atoms with Crippen molar-refractivity contribution in [3.05, 3.63) is 29.8 Å². The molecule has 1 aromatic rings. The third-order valence-electron chi connectivity index (χ3n) is 5.38. The van der Waals surface area contributed by atoms with Crippen LogP contribution >= 0.6 is 0 Å². The zero-order chi connectivity index (χ0) is 19.8. The SMILES string of the molecule is CC1(C)CC2CC(C)(CN2C(=O)COC(=O)c2ccc(OC(F)F)cc2)C1. The van der Waals surface area contributed by atoms with E-state index in [0.717, 1.165) is 19.3 Å². The Balaban J connectivity index is 1.55. The van der Waals surface area contributed by atoms with Crippen LogP contribution < -0.4 is 4.74 Å². The first-order chi connectivity index (χ1) is 12.6. The maximum absolute atomic E-state index is 12.6. The van der Waals surface area contributed by atoms with Gasteiger partial charge in [-0.25, -0.2) is 4.79 Å². The molecule has 1 aromatic carbocycles. The topological polar surface area (TPSA) is 55.8 Å². The van der Waals surface area contributed by atoms with E-state index in [4.69, 9.17) is 4.74 Å². The Kier molecular flexibility index (Phi) is 5.14. The van der Waals surface area contributed by atoms with Gasteiger partial charge in [0.05, 0.1) is 5.56 Å². The van der Waals surface area contributed by atoms with E-state index >= 15 is 0 Å². The van der Waals surface area contributed by atoms with Crippen LogP contribution in [0, 0.1) is 10.8 Å². The lowest BCUT2D eigenvalue weighted by molar-refractivity contribution is -0.135. The van der Waals surface area contributed by atoms with E-state index in [2.05, 4.69) is 25.5 Å². The van der Waals surface area contributed by atoms with E-state index in [1.165, 1.54) is 24.3 Å². The van der Waals surface area contributed by atoms with Crippen LogP contribution in [-0.4, -0.2) is 42.6 Å². The van der Waals surface area contributed by atoms with Gasteiger partial charge in [-0.1, -0.05) is 20.8 Å². The van der Waals surface area contributed by atoms with Crippen molar-refractivity contribution < 1.29 is 27.8 Å². The van der Waals surface area contributed by atoms with Crippen LogP contribution in [0.3, 0.4) is 0 Å². The molecule has 7 heteroatoms. The van der Waals surface area contributed by atoms with Crippen molar-refractivity contribution >= 4 is 11.9 Å². The van der Waals surface area contributed by atoms with Crippen molar-refractivity contribution in [3.63, 3.8) is 0 Å². The summed E-state index contributed by atoms with van der Waals surface area (Å²) in [4.78, 5) is 26.6. The summed E-state index contributed by atoms with van der Waals surface area (Å²) in [5.41, 5.74) is 0.496. The lowest BCUT2D eigenvalue weighted by Gasteiger charge is -2.39. The lowest BCUT2D eigenvalue weighted by Crippen LogP contribution is -2.39. The summed E-state index contributed by atoms with van der Waals surface area (Å²) in [6, 6.07) is 5.37. The summed E-state index contributed by atoms with van der Waals surface area (Å²) in [5.74, 6) is -0.897. The molecular formula is C20H25F2NO4. The van der Waals surface area contributed by atoms with Crippen molar-refractivity contribution in [1.29, 1.82) is 0 Å². The molecule has 2 aliphatic rings. The van der Waals surface area contributed by atoms with Crippen molar-refractivity contribution in [3.8, 4) is 5.75 Å². The van der Waals surface area contributed by atoms with Crippen molar-refractivity contribution in [2.75, 3.05) is 13.2 Å². The molecule has 27 heavy (non-hydrogen) atoms. The molecule has 1 saturated heterocycles. The molecule has 148 valence electrons. The van der Waals surface area contributed by atoms with E-state index in [9.17, 15) is 18.4 Å². The van der Waals surface area contributed by atoms with Gasteiger partial charge >= 0.3 is 12.6 Å². The minimum absolute atomic E-state index is 0.0437. The number of rotatable bonds is 5. The zero-order valence-corrected chi connectivity index (χ0v) is 15.8. The van der Waals surface area contributed by atoms with Gasteiger partial charge in [0.2, 0.25) is 0 Å². The Bertz CT molecular complexity index is 719. The van der Waals surface area contributed by atoms with Crippen LogP contribution in [0.25, 0.3) is 0 Å². The quantitative estimate of drug-likeness (QED) is 0.727. The van der Waals surface area contributed by atoms with Crippen LogP contribution in [0.1, 0.15) is 50.4 Å². The molecule has 0 N–H and O–H groups in total. The maximum atomic E-state index is 12.6. The average molecular weight is 381 g/mol. The highest BCUT2D eigenvalue weighted by molar-refractivity contribution is 5.91. The second-order valence-electron chi connectivity index (χ2n) is 8.71. The van der Waals surface area contributed by atoms with Gasteiger partial charge in [-0.2, -0.15) is 8.78 Å². The number of amides is 1. The van der Waals surface area contributed by atoms with Crippen molar-refractivity contribution in [1.82, 2.24) is 4.90 Å². The molecule has 5 nitrogen and oxygen atoms in total. The molecule has 0 radical (unpaired) electrons. The normalized spacial score (nSPS) is 26.1. The molecule has 0 aromatic heterocycles. The van der Waals surface area contributed by atoms with E-state index in [0.29, 0.717) is 6.54 Å². The highest BCUT2D eigenvalue weighted by Gasteiger charge is 2.50. The predicted molar refractivity (Wildman–Crippen MR) is 94.6 cm³/mol. The Labute approximate surface area is 157 Å². The van der Waals surface area contributed by atoms with E-state index in [-0.39, 0.29) is 40.7 Å². The lowest BCUT2D eigenvalue weighted by atomic mass is 9.65. The second-order valence-corrected chi connectivity index (χ2v) is 8.71. The number of esters is 1. The fourth-order valence-electron chi connectivity index (χ4n) is 4.82. The molecule has 1 amide bonds. The Morgan fingerprint density at radius 1 is 1.19 bits per heavy atom. The molecule has 1 aliphatic carbocycles. The fourth-order valence-corrected chi connectivity index (χ4v) is 4.82. The number of nitrogens with zero attached hydrogens (tertiary/aromatic N) is 1. The molecular weight excluding hydrogens is 356 g/mol. The Morgan fingerprint density at radius 3 is 2.48 bits per heavy atom. The van der Waals surface area contributed by atoms with E-state index in [1.807, 2.05) is 4.90 Å². The standard InChI is InChI=1S/C20H25F2NO4/c1-19(2)8-14-9-20(3,11-19)12-23(14)16(24)10-26-17(25)13-4-6-15(7-5-13)27-18(21)22/h4-7,14,18H,8-12H2,1-3H3. The van der Waals surface area contributed by atoms with Gasteiger partial charge in [0.15, 0.2) is 6.61 Å². The number of alkyl halides is 2. The molecule has 2 unspecified atom stereocenters. The van der Waals surface area contributed by atoms with Gasteiger partial charge in [0.1, 0.15) is 5.75 Å². The van der Waals surface area contributed by atoms with Gasteiger partial charge in [-0.05, 0) is 54.4 Å². The van der Waals surface area contributed by atoms with Gasteiger partial charge in [0, 0.05) is 12.6 Å². The van der Waals surface area contributed by atoms with Crippen LogP contribution in [0.15, 0.2) is 24.3 Å². The number of hydrogen-bond acceptors (Lipinski definition) is 4. The highest BCUT2D eigenvalue weighted by Crippen LogP contribution is 2.52. The number of hydrogen-bond donors (Lipinski definition) is 0. The largest absolute Gasteiger partial charge is 0.452 e. The average Bonchev–Trinajstić information content (AvgIpc) is 2.81. The number of fused-ring (bicyclic) bond motifs is 2. The van der Waals surface area contributed by atoms with Crippen LogP contribution in [0.2, 0.25) is 0 Å². The molecule has 2 bridgehead atoms. The number of likely N-dealkylation sites (tertiary alicyclic amines) is 1. The monoisotopic (exact) mass is 381 g/mol. The summed E-state index contributed by atoms with van der Waals surface area (Å²) >= 11 is 0. The van der Waals surface area contributed by atoms with Gasteiger partial charge in [0.25, 0.3) is 5.91 Å². The third-order valence-corrected chi connectivity index (χ3v) is 5.38. The van der Waals surface area contributed by atoms with E-state index < -0.39 is 12.6 Å². The summed E-state index contributed by atoms with van der Waals surface area (Å²) in [6.45, 7) is 4.12. The Hall–Kier alpha value is -2.18. The predicted octanol–water partition coefficient (Wildman–Crippen LogP) is 3.87. The summed E-state index contributed by atoms with van der Waals surface area (Å²) < 4.78 is 33.7. The first-order valence-electron chi connectivity index (χ1n) is 9.08. The second kappa shape index (κ2) is 7.09. The minimum atomic E-state index is -2.92. The van der Waals surface area contributed by atoms with Crippen LogP contribution in [-0.2, 0) is 9.53 Å². The minimum Gasteiger partial charge on any atom is -0.452 e. The number of carbonyl (C=O) groups excluding carboxylic acids is 2. The van der Waals surface area contributed by atoms with Gasteiger partial charge in [-0.3, -0.25) is 4.79 Å². The molecule has 3 rings (SSSR count). The maximum Gasteiger partial charge on any atom is 0.387 e. The van der Waals surface area contributed by atoms with Crippen molar-refractivity contribution in [2.24, 2.45) is 10.8 Å². The first-order valence-corrected chi connectivity index (χ1v) is 9.08. The smallest absolute Gasteiger partial charge is 0.387 e. The van der Waals surface area contributed by atoms with Gasteiger partial charge < -0.3 is 14.4 Å². The third kappa shape index (κ3) is 4.57. The molecule has 1 aliphatic heterocycles. The number of carbonyl (C=O) groups is 2.